The Morgan fingerprint density at radius 1 is 1.50 bits per heavy atom. The minimum Gasteiger partial charge on any atom is -0.214 e. The highest BCUT2D eigenvalue weighted by molar-refractivity contribution is 7.90. The van der Waals surface area contributed by atoms with Gasteiger partial charge in [-0.25, -0.2) is 13.1 Å². The Hall–Kier alpha value is -0.600. The first-order chi connectivity index (χ1) is 6.47. The van der Waals surface area contributed by atoms with Crippen molar-refractivity contribution in [2.45, 2.75) is 31.9 Å². The standard InChI is InChI=1S/C9H16N2O2S/c1-7(9-3-4-9)6-11-14(12,13)8(2)5-10/h7-9,11H,3-4,6H2,1-2H3. The van der Waals surface area contributed by atoms with Crippen molar-refractivity contribution in [1.82, 2.24) is 4.72 Å². The molecule has 0 aromatic heterocycles. The molecule has 2 atom stereocenters. The molecule has 1 aliphatic rings. The van der Waals surface area contributed by atoms with Gasteiger partial charge in [0.25, 0.3) is 0 Å². The summed E-state index contributed by atoms with van der Waals surface area (Å²) < 4.78 is 25.2. The number of hydrogen-bond donors (Lipinski definition) is 1. The van der Waals surface area contributed by atoms with Gasteiger partial charge in [0.1, 0.15) is 0 Å². The van der Waals surface area contributed by atoms with Crippen LogP contribution in [0, 0.1) is 23.2 Å². The van der Waals surface area contributed by atoms with Crippen molar-refractivity contribution in [3.05, 3.63) is 0 Å². The van der Waals surface area contributed by atoms with Gasteiger partial charge in [-0.3, -0.25) is 0 Å². The summed E-state index contributed by atoms with van der Waals surface area (Å²) >= 11 is 0. The van der Waals surface area contributed by atoms with E-state index in [2.05, 4.69) is 4.72 Å². The van der Waals surface area contributed by atoms with Crippen LogP contribution < -0.4 is 4.72 Å². The monoisotopic (exact) mass is 216 g/mol. The van der Waals surface area contributed by atoms with Crippen LogP contribution in [0.5, 0.6) is 0 Å². The van der Waals surface area contributed by atoms with Gasteiger partial charge in [-0.15, -0.1) is 0 Å². The minimum atomic E-state index is -3.42. The second kappa shape index (κ2) is 4.28. The van der Waals surface area contributed by atoms with E-state index in [0.29, 0.717) is 18.4 Å². The maximum Gasteiger partial charge on any atom is 0.227 e. The zero-order valence-corrected chi connectivity index (χ0v) is 9.34. The maximum atomic E-state index is 11.4. The molecule has 0 radical (unpaired) electrons. The van der Waals surface area contributed by atoms with E-state index >= 15 is 0 Å². The molecule has 0 heterocycles. The second-order valence-electron chi connectivity index (χ2n) is 3.98. The van der Waals surface area contributed by atoms with Gasteiger partial charge >= 0.3 is 0 Å². The van der Waals surface area contributed by atoms with Crippen LogP contribution in [0.25, 0.3) is 0 Å². The van der Waals surface area contributed by atoms with E-state index in [1.807, 2.05) is 6.92 Å². The van der Waals surface area contributed by atoms with Gasteiger partial charge in [0.15, 0.2) is 5.25 Å². The zero-order valence-electron chi connectivity index (χ0n) is 8.53. The fourth-order valence-corrected chi connectivity index (χ4v) is 2.16. The van der Waals surface area contributed by atoms with Gasteiger partial charge in [0.2, 0.25) is 10.0 Å². The Morgan fingerprint density at radius 3 is 2.50 bits per heavy atom. The van der Waals surface area contributed by atoms with Gasteiger partial charge in [-0.2, -0.15) is 5.26 Å². The number of sulfonamides is 1. The lowest BCUT2D eigenvalue weighted by atomic mass is 10.1. The summed E-state index contributed by atoms with van der Waals surface area (Å²) in [6.45, 7) is 3.89. The molecular formula is C9H16N2O2S. The number of hydrogen-bond acceptors (Lipinski definition) is 3. The number of rotatable bonds is 5. The molecule has 0 aromatic carbocycles. The van der Waals surface area contributed by atoms with Gasteiger partial charge in [0, 0.05) is 6.54 Å². The van der Waals surface area contributed by atoms with Crippen LogP contribution in [-0.4, -0.2) is 20.2 Å². The summed E-state index contributed by atoms with van der Waals surface area (Å²) in [5, 5.41) is 7.52. The summed E-state index contributed by atoms with van der Waals surface area (Å²) in [4.78, 5) is 0. The van der Waals surface area contributed by atoms with Gasteiger partial charge < -0.3 is 0 Å². The first-order valence-electron chi connectivity index (χ1n) is 4.85. The Morgan fingerprint density at radius 2 is 2.07 bits per heavy atom. The molecule has 14 heavy (non-hydrogen) atoms. The van der Waals surface area contributed by atoms with Crippen LogP contribution in [0.2, 0.25) is 0 Å². The molecule has 0 aliphatic heterocycles. The lowest BCUT2D eigenvalue weighted by Crippen LogP contribution is -2.35. The quantitative estimate of drug-likeness (QED) is 0.741. The Bertz CT molecular complexity index is 327. The fourth-order valence-electron chi connectivity index (χ4n) is 1.27. The summed E-state index contributed by atoms with van der Waals surface area (Å²) in [7, 11) is -3.42. The molecule has 0 spiro atoms. The molecule has 0 bridgehead atoms. The zero-order chi connectivity index (χ0) is 10.8. The van der Waals surface area contributed by atoms with E-state index in [4.69, 9.17) is 5.26 Å². The molecule has 1 aliphatic carbocycles. The lowest BCUT2D eigenvalue weighted by molar-refractivity contribution is 0.490. The van der Waals surface area contributed by atoms with Crippen LogP contribution >= 0.6 is 0 Å². The highest BCUT2D eigenvalue weighted by atomic mass is 32.2. The first kappa shape index (κ1) is 11.5. The molecule has 4 nitrogen and oxygen atoms in total. The third kappa shape index (κ3) is 2.96. The predicted molar refractivity (Wildman–Crippen MR) is 53.9 cm³/mol. The minimum absolute atomic E-state index is 0.385. The largest absolute Gasteiger partial charge is 0.227 e. The highest BCUT2D eigenvalue weighted by Gasteiger charge is 2.29. The molecule has 2 unspecified atom stereocenters. The van der Waals surface area contributed by atoms with E-state index in [9.17, 15) is 8.42 Å². The number of nitrogens with one attached hydrogen (secondary N) is 1. The summed E-state index contributed by atoms with van der Waals surface area (Å²) in [5.41, 5.74) is 0. The van der Waals surface area contributed by atoms with Crippen LogP contribution in [0.15, 0.2) is 0 Å². The Balaban J connectivity index is 2.40. The third-order valence-corrected chi connectivity index (χ3v) is 4.29. The van der Waals surface area contributed by atoms with Gasteiger partial charge in [0.05, 0.1) is 6.07 Å². The van der Waals surface area contributed by atoms with E-state index < -0.39 is 15.3 Å². The maximum absolute atomic E-state index is 11.4. The average molecular weight is 216 g/mol. The van der Waals surface area contributed by atoms with Gasteiger partial charge in [-0.05, 0) is 31.6 Å². The molecule has 1 N–H and O–H groups in total. The van der Waals surface area contributed by atoms with Crippen molar-refractivity contribution in [3.63, 3.8) is 0 Å². The molecule has 0 amide bonds. The third-order valence-electron chi connectivity index (χ3n) is 2.68. The molecule has 0 aromatic rings. The molecule has 1 saturated carbocycles. The van der Waals surface area contributed by atoms with Gasteiger partial charge in [-0.1, -0.05) is 6.92 Å². The fraction of sp³-hybridized carbons (Fsp3) is 0.889. The first-order valence-corrected chi connectivity index (χ1v) is 6.40. The Kier molecular flexibility index (Phi) is 3.51. The smallest absolute Gasteiger partial charge is 0.214 e. The normalized spacial score (nSPS) is 21.2. The molecule has 5 heteroatoms. The van der Waals surface area contributed by atoms with E-state index in [1.165, 1.54) is 19.8 Å². The molecule has 1 fully saturated rings. The number of nitriles is 1. The van der Waals surface area contributed by atoms with Crippen molar-refractivity contribution in [3.8, 4) is 6.07 Å². The molecule has 80 valence electrons. The van der Waals surface area contributed by atoms with Crippen molar-refractivity contribution >= 4 is 10.0 Å². The molecule has 0 saturated heterocycles. The topological polar surface area (TPSA) is 70.0 Å². The van der Waals surface area contributed by atoms with E-state index in [0.717, 1.165) is 0 Å². The summed E-state index contributed by atoms with van der Waals surface area (Å²) in [6, 6.07) is 1.72. The summed E-state index contributed by atoms with van der Waals surface area (Å²) in [6.07, 6.45) is 2.41. The lowest BCUT2D eigenvalue weighted by Gasteiger charge is -2.12. The predicted octanol–water partition coefficient (Wildman–Crippen LogP) is 0.864. The van der Waals surface area contributed by atoms with Crippen molar-refractivity contribution in [2.24, 2.45) is 11.8 Å². The van der Waals surface area contributed by atoms with Crippen LogP contribution in [0.1, 0.15) is 26.7 Å². The summed E-state index contributed by atoms with van der Waals surface area (Å²) in [5.74, 6) is 1.06. The highest BCUT2D eigenvalue weighted by Crippen LogP contribution is 2.36. The van der Waals surface area contributed by atoms with Crippen molar-refractivity contribution < 1.29 is 8.42 Å². The van der Waals surface area contributed by atoms with Crippen LogP contribution in [0.3, 0.4) is 0 Å². The molecule has 1 rings (SSSR count). The van der Waals surface area contributed by atoms with Crippen LogP contribution in [-0.2, 0) is 10.0 Å². The molecular weight excluding hydrogens is 200 g/mol. The number of nitrogens with zero attached hydrogens (tertiary/aromatic N) is 1. The average Bonchev–Trinajstić information content (AvgIpc) is 2.96. The van der Waals surface area contributed by atoms with Crippen molar-refractivity contribution in [1.29, 1.82) is 5.26 Å². The van der Waals surface area contributed by atoms with E-state index in [1.54, 1.807) is 6.07 Å². The SMILES string of the molecule is CC(CNS(=O)(=O)C(C)C#N)C1CC1. The van der Waals surface area contributed by atoms with Crippen molar-refractivity contribution in [2.75, 3.05) is 6.54 Å². The van der Waals surface area contributed by atoms with E-state index in [-0.39, 0.29) is 0 Å². The second-order valence-corrected chi connectivity index (χ2v) is 6.07. The van der Waals surface area contributed by atoms with Crippen LogP contribution in [0.4, 0.5) is 0 Å². The Labute approximate surface area is 85.4 Å².